The number of nitrogens with zero attached hydrogens (tertiary/aromatic N) is 1. The first-order valence-corrected chi connectivity index (χ1v) is 8.81. The number of rotatable bonds is 5. The SMILES string of the molecule is Cc1cccc(NC(=O)[C@H](C)OC(=O)CN2C(=O)c3ccccc3C2=O)c1C. The van der Waals surface area contributed by atoms with E-state index in [1.54, 1.807) is 18.2 Å². The number of ether oxygens (including phenoxy) is 1. The predicted molar refractivity (Wildman–Crippen MR) is 102 cm³/mol. The molecule has 1 heterocycles. The summed E-state index contributed by atoms with van der Waals surface area (Å²) in [6, 6.07) is 11.8. The summed E-state index contributed by atoms with van der Waals surface area (Å²) >= 11 is 0. The van der Waals surface area contributed by atoms with Crippen molar-refractivity contribution in [2.24, 2.45) is 0 Å². The topological polar surface area (TPSA) is 92.8 Å². The van der Waals surface area contributed by atoms with E-state index in [0.29, 0.717) is 5.69 Å². The third-order valence-electron chi connectivity index (χ3n) is 4.71. The maximum absolute atomic E-state index is 12.3. The molecule has 0 fully saturated rings. The Kier molecular flexibility index (Phi) is 5.26. The Hall–Kier alpha value is -3.48. The molecule has 0 aromatic heterocycles. The van der Waals surface area contributed by atoms with Crippen LogP contribution in [0.4, 0.5) is 5.69 Å². The molecule has 1 aliphatic heterocycles. The van der Waals surface area contributed by atoms with Crippen molar-refractivity contribution < 1.29 is 23.9 Å². The number of carbonyl (C=O) groups excluding carboxylic acids is 4. The maximum Gasteiger partial charge on any atom is 0.326 e. The lowest BCUT2D eigenvalue weighted by Crippen LogP contribution is -2.38. The third-order valence-corrected chi connectivity index (χ3v) is 4.71. The molecular formula is C21H20N2O5. The average Bonchev–Trinajstić information content (AvgIpc) is 2.90. The first-order chi connectivity index (χ1) is 13.3. The van der Waals surface area contributed by atoms with Crippen LogP contribution >= 0.6 is 0 Å². The number of benzene rings is 2. The number of esters is 1. The molecule has 0 radical (unpaired) electrons. The van der Waals surface area contributed by atoms with Crippen LogP contribution in [0.3, 0.4) is 0 Å². The van der Waals surface area contributed by atoms with E-state index in [0.717, 1.165) is 16.0 Å². The Labute approximate surface area is 162 Å². The second-order valence-electron chi connectivity index (χ2n) is 6.61. The Morgan fingerprint density at radius 1 is 1.00 bits per heavy atom. The molecule has 2 aromatic rings. The molecule has 0 spiro atoms. The van der Waals surface area contributed by atoms with E-state index in [1.807, 2.05) is 26.0 Å². The maximum atomic E-state index is 12.3. The standard InChI is InChI=1S/C21H20N2O5/c1-12-7-6-10-17(13(12)2)22-19(25)14(3)28-18(24)11-23-20(26)15-8-4-5-9-16(15)21(23)27/h4-10,14H,11H2,1-3H3,(H,22,25)/t14-/m0/s1. The van der Waals surface area contributed by atoms with Gasteiger partial charge in [0.25, 0.3) is 17.7 Å². The van der Waals surface area contributed by atoms with Crippen molar-refractivity contribution in [2.45, 2.75) is 26.9 Å². The van der Waals surface area contributed by atoms with Gasteiger partial charge in [0, 0.05) is 5.69 Å². The lowest BCUT2D eigenvalue weighted by atomic mass is 10.1. The number of imide groups is 1. The van der Waals surface area contributed by atoms with Crippen molar-refractivity contribution in [1.29, 1.82) is 0 Å². The highest BCUT2D eigenvalue weighted by Gasteiger charge is 2.37. The van der Waals surface area contributed by atoms with Gasteiger partial charge in [0.05, 0.1) is 11.1 Å². The highest BCUT2D eigenvalue weighted by molar-refractivity contribution is 6.22. The van der Waals surface area contributed by atoms with Gasteiger partial charge in [-0.3, -0.25) is 24.1 Å². The third kappa shape index (κ3) is 3.64. The van der Waals surface area contributed by atoms with E-state index in [2.05, 4.69) is 5.32 Å². The van der Waals surface area contributed by atoms with Crippen molar-refractivity contribution in [3.63, 3.8) is 0 Å². The number of aryl methyl sites for hydroxylation is 1. The monoisotopic (exact) mass is 380 g/mol. The van der Waals surface area contributed by atoms with Crippen LogP contribution in [0.2, 0.25) is 0 Å². The molecule has 28 heavy (non-hydrogen) atoms. The summed E-state index contributed by atoms with van der Waals surface area (Å²) < 4.78 is 5.11. The van der Waals surface area contributed by atoms with E-state index in [-0.39, 0.29) is 11.1 Å². The molecule has 1 atom stereocenters. The minimum absolute atomic E-state index is 0.251. The number of fused-ring (bicyclic) bond motifs is 1. The molecule has 2 aromatic carbocycles. The Morgan fingerprint density at radius 3 is 2.21 bits per heavy atom. The normalized spacial score (nSPS) is 13.9. The van der Waals surface area contributed by atoms with Gasteiger partial charge < -0.3 is 10.1 Å². The summed E-state index contributed by atoms with van der Waals surface area (Å²) in [4.78, 5) is 49.9. The number of amides is 3. The summed E-state index contributed by atoms with van der Waals surface area (Å²) in [6.07, 6.45) is -1.08. The molecule has 0 bridgehead atoms. The van der Waals surface area contributed by atoms with Crippen LogP contribution in [0, 0.1) is 13.8 Å². The molecule has 0 saturated carbocycles. The Morgan fingerprint density at radius 2 is 1.61 bits per heavy atom. The second-order valence-corrected chi connectivity index (χ2v) is 6.61. The number of hydrogen-bond donors (Lipinski definition) is 1. The first-order valence-electron chi connectivity index (χ1n) is 8.81. The molecular weight excluding hydrogens is 360 g/mol. The molecule has 0 saturated heterocycles. The van der Waals surface area contributed by atoms with Crippen LogP contribution in [0.25, 0.3) is 0 Å². The summed E-state index contributed by atoms with van der Waals surface area (Å²) in [5.41, 5.74) is 3.07. The summed E-state index contributed by atoms with van der Waals surface area (Å²) in [5.74, 6) is -2.43. The molecule has 1 aliphatic rings. The summed E-state index contributed by atoms with van der Waals surface area (Å²) in [7, 11) is 0. The van der Waals surface area contributed by atoms with Crippen molar-refractivity contribution in [3.8, 4) is 0 Å². The quantitative estimate of drug-likeness (QED) is 0.635. The first kappa shape index (κ1) is 19.3. The van der Waals surface area contributed by atoms with Gasteiger partial charge in [-0.05, 0) is 50.1 Å². The zero-order valence-electron chi connectivity index (χ0n) is 15.8. The second kappa shape index (κ2) is 7.64. The number of carbonyl (C=O) groups is 4. The van der Waals surface area contributed by atoms with Gasteiger partial charge in [-0.1, -0.05) is 24.3 Å². The van der Waals surface area contributed by atoms with Crippen molar-refractivity contribution in [3.05, 3.63) is 64.7 Å². The molecule has 0 unspecified atom stereocenters. The van der Waals surface area contributed by atoms with E-state index >= 15 is 0 Å². The Balaban J connectivity index is 1.60. The summed E-state index contributed by atoms with van der Waals surface area (Å²) in [5, 5.41) is 2.72. The number of hydrogen-bond acceptors (Lipinski definition) is 5. The fourth-order valence-corrected chi connectivity index (χ4v) is 2.92. The van der Waals surface area contributed by atoms with Crippen LogP contribution in [-0.4, -0.2) is 41.2 Å². The van der Waals surface area contributed by atoms with E-state index in [9.17, 15) is 19.2 Å². The van der Waals surface area contributed by atoms with Crippen LogP contribution < -0.4 is 5.32 Å². The molecule has 3 amide bonds. The molecule has 7 heteroatoms. The van der Waals surface area contributed by atoms with Gasteiger partial charge in [-0.15, -0.1) is 0 Å². The Bertz CT molecular complexity index is 948. The van der Waals surface area contributed by atoms with Gasteiger partial charge in [-0.25, -0.2) is 0 Å². The molecule has 3 rings (SSSR count). The average molecular weight is 380 g/mol. The minimum atomic E-state index is -1.08. The fraction of sp³-hybridized carbons (Fsp3) is 0.238. The van der Waals surface area contributed by atoms with Crippen molar-refractivity contribution in [1.82, 2.24) is 4.90 Å². The van der Waals surface area contributed by atoms with Crippen LogP contribution in [0.1, 0.15) is 38.8 Å². The van der Waals surface area contributed by atoms with Gasteiger partial charge in [0.2, 0.25) is 0 Å². The lowest BCUT2D eigenvalue weighted by Gasteiger charge is -2.17. The molecule has 7 nitrogen and oxygen atoms in total. The smallest absolute Gasteiger partial charge is 0.326 e. The van der Waals surface area contributed by atoms with E-state index in [4.69, 9.17) is 4.74 Å². The van der Waals surface area contributed by atoms with E-state index in [1.165, 1.54) is 19.1 Å². The van der Waals surface area contributed by atoms with Crippen molar-refractivity contribution in [2.75, 3.05) is 11.9 Å². The van der Waals surface area contributed by atoms with Gasteiger partial charge in [-0.2, -0.15) is 0 Å². The zero-order chi connectivity index (χ0) is 20.4. The molecule has 1 N–H and O–H groups in total. The minimum Gasteiger partial charge on any atom is -0.451 e. The number of nitrogens with one attached hydrogen (secondary N) is 1. The van der Waals surface area contributed by atoms with Crippen LogP contribution in [0.15, 0.2) is 42.5 Å². The number of anilines is 1. The van der Waals surface area contributed by atoms with Gasteiger partial charge in [0.15, 0.2) is 6.10 Å². The fourth-order valence-electron chi connectivity index (χ4n) is 2.92. The zero-order valence-corrected chi connectivity index (χ0v) is 15.8. The molecule has 144 valence electrons. The van der Waals surface area contributed by atoms with Gasteiger partial charge >= 0.3 is 5.97 Å². The van der Waals surface area contributed by atoms with Crippen molar-refractivity contribution >= 4 is 29.4 Å². The highest BCUT2D eigenvalue weighted by Crippen LogP contribution is 2.22. The highest BCUT2D eigenvalue weighted by atomic mass is 16.5. The predicted octanol–water partition coefficient (Wildman–Crippen LogP) is 2.47. The van der Waals surface area contributed by atoms with Gasteiger partial charge in [0.1, 0.15) is 6.54 Å². The largest absolute Gasteiger partial charge is 0.451 e. The van der Waals surface area contributed by atoms with Crippen LogP contribution in [0.5, 0.6) is 0 Å². The lowest BCUT2D eigenvalue weighted by molar-refractivity contribution is -0.153. The van der Waals surface area contributed by atoms with Crippen LogP contribution in [-0.2, 0) is 14.3 Å². The van der Waals surface area contributed by atoms with E-state index < -0.39 is 36.3 Å². The molecule has 0 aliphatic carbocycles. The summed E-state index contributed by atoms with van der Waals surface area (Å²) in [6.45, 7) is 4.69.